The molecule has 2 bridgehead atoms. The number of hydrogen-bond acceptors (Lipinski definition) is 7. The Morgan fingerprint density at radius 2 is 2.03 bits per heavy atom. The van der Waals surface area contributed by atoms with E-state index in [4.69, 9.17) is 16.3 Å². The predicted octanol–water partition coefficient (Wildman–Crippen LogP) is 6.82. The normalized spacial score (nSPS) is 26.0. The van der Waals surface area contributed by atoms with E-state index in [9.17, 15) is 4.79 Å². The lowest BCUT2D eigenvalue weighted by molar-refractivity contribution is -0.132. The average Bonchev–Trinajstić information content (AvgIpc) is 2.98. The molecule has 2 saturated heterocycles. The van der Waals surface area contributed by atoms with E-state index in [2.05, 4.69) is 37.5 Å². The first-order valence-electron chi connectivity index (χ1n) is 11.4. The number of alkyl halides is 2. The van der Waals surface area contributed by atoms with Gasteiger partial charge in [-0.15, -0.1) is 6.58 Å². The van der Waals surface area contributed by atoms with E-state index in [1.807, 2.05) is 6.92 Å². The second-order valence-electron chi connectivity index (χ2n) is 9.71. The van der Waals surface area contributed by atoms with Crippen molar-refractivity contribution in [3.05, 3.63) is 28.2 Å². The number of carbonyl (C=O) groups excluding carboxylic acids is 1. The summed E-state index contributed by atoms with van der Waals surface area (Å²) in [5.74, 6) is -5.03. The zero-order valence-corrected chi connectivity index (χ0v) is 23.4. The van der Waals surface area contributed by atoms with Crippen molar-refractivity contribution in [1.29, 1.82) is 0 Å². The number of piperazine rings is 1. The third-order valence-electron chi connectivity index (χ3n) is 6.10. The highest BCUT2D eigenvalue weighted by Crippen LogP contribution is 2.54. The number of hydrogen-bond donors (Lipinski definition) is 0. The van der Waals surface area contributed by atoms with Gasteiger partial charge in [-0.2, -0.15) is 0 Å². The number of rotatable bonds is 5. The predicted molar refractivity (Wildman–Crippen MR) is 137 cm³/mol. The minimum absolute atomic E-state index is 0.0503. The van der Waals surface area contributed by atoms with Crippen molar-refractivity contribution >= 4 is 62.1 Å². The molecule has 2 aromatic heterocycles. The van der Waals surface area contributed by atoms with E-state index in [1.54, 1.807) is 20.8 Å². The van der Waals surface area contributed by atoms with E-state index in [-0.39, 0.29) is 45.7 Å². The van der Waals surface area contributed by atoms with Gasteiger partial charge < -0.3 is 9.64 Å². The number of halogens is 5. The number of pyridine rings is 1. The molecule has 0 N–H and O–H groups in total. The molecule has 2 aliphatic heterocycles. The van der Waals surface area contributed by atoms with E-state index in [0.717, 1.165) is 0 Å². The maximum Gasteiger partial charge on any atom is 0.415 e. The van der Waals surface area contributed by atoms with Crippen LogP contribution in [0.25, 0.3) is 10.9 Å². The number of nitrogens with zero attached hydrogens (tertiary/aromatic N) is 5. The van der Waals surface area contributed by atoms with Crippen molar-refractivity contribution < 1.29 is 22.7 Å². The first-order chi connectivity index (χ1) is 16.8. The Kier molecular flexibility index (Phi) is 7.19. The van der Waals surface area contributed by atoms with Crippen LogP contribution in [-0.2, 0) is 4.74 Å². The molecule has 2 aliphatic rings. The number of thioether (sulfide) groups is 1. The highest BCUT2D eigenvalue weighted by atomic mass is 79.9. The molecule has 0 spiro atoms. The highest BCUT2D eigenvalue weighted by molar-refractivity contribution is 9.10. The SMILES string of the molecule is C=CC[C@H]1N(c2nc(SCC)nc3c(F)c(Cl)nc(Br)c23)C[C@@]2(F)CC[C@]1(F)N2C(=O)OC(C)(C)C. The van der Waals surface area contributed by atoms with Crippen molar-refractivity contribution in [1.82, 2.24) is 19.9 Å². The van der Waals surface area contributed by atoms with Gasteiger partial charge in [0.15, 0.2) is 16.1 Å². The van der Waals surface area contributed by atoms with Crippen LogP contribution in [0.5, 0.6) is 0 Å². The van der Waals surface area contributed by atoms with Gasteiger partial charge >= 0.3 is 6.09 Å². The van der Waals surface area contributed by atoms with Gasteiger partial charge in [-0.3, -0.25) is 0 Å². The Morgan fingerprint density at radius 1 is 1.33 bits per heavy atom. The topological polar surface area (TPSA) is 71.5 Å². The molecule has 0 unspecified atom stereocenters. The van der Waals surface area contributed by atoms with Crippen LogP contribution in [0.4, 0.5) is 23.8 Å². The molecule has 3 atom stereocenters. The fourth-order valence-electron chi connectivity index (χ4n) is 4.78. The minimum Gasteiger partial charge on any atom is -0.444 e. The number of amides is 1. The standard InChI is InChI=1S/C23H26BrClF3N5O2S/c1-6-8-12-23(28)10-9-22(27,33(23)20(34)35-21(3,4)5)11-32(12)18-13-15(29-19(31-18)36-7-2)14(26)17(25)30-16(13)24/h6,12H,1,7-11H2,2-5H3/t12-,22-,23+/m1/s1. The van der Waals surface area contributed by atoms with Gasteiger partial charge in [0, 0.05) is 12.8 Å². The van der Waals surface area contributed by atoms with E-state index in [1.165, 1.54) is 22.7 Å². The van der Waals surface area contributed by atoms with Gasteiger partial charge in [0.05, 0.1) is 18.0 Å². The summed E-state index contributed by atoms with van der Waals surface area (Å²) in [6.07, 6.45) is -0.0298. The summed E-state index contributed by atoms with van der Waals surface area (Å²) >= 11 is 10.5. The lowest BCUT2D eigenvalue weighted by Gasteiger charge is -2.52. The number of carbonyl (C=O) groups is 1. The molecule has 196 valence electrons. The summed E-state index contributed by atoms with van der Waals surface area (Å²) in [7, 11) is 0. The summed E-state index contributed by atoms with van der Waals surface area (Å²) < 4.78 is 53.9. The Morgan fingerprint density at radius 3 is 2.64 bits per heavy atom. The van der Waals surface area contributed by atoms with E-state index in [0.29, 0.717) is 10.7 Å². The van der Waals surface area contributed by atoms with E-state index < -0.39 is 46.8 Å². The van der Waals surface area contributed by atoms with Crippen LogP contribution in [0.15, 0.2) is 22.4 Å². The Bertz CT molecular complexity index is 1230. The minimum atomic E-state index is -2.44. The maximum atomic E-state index is 16.9. The van der Waals surface area contributed by atoms with Gasteiger partial charge in [0.25, 0.3) is 0 Å². The fraction of sp³-hybridized carbons (Fsp3) is 0.565. The quantitative estimate of drug-likeness (QED) is 0.121. The smallest absolute Gasteiger partial charge is 0.415 e. The van der Waals surface area contributed by atoms with Gasteiger partial charge in [-0.05, 0) is 48.9 Å². The Hall–Kier alpha value is -1.79. The number of aromatic nitrogens is 3. The summed E-state index contributed by atoms with van der Waals surface area (Å²) in [6.45, 7) is 10.1. The largest absolute Gasteiger partial charge is 0.444 e. The third kappa shape index (κ3) is 4.53. The molecule has 13 heteroatoms. The van der Waals surface area contributed by atoms with Crippen molar-refractivity contribution in [2.45, 2.75) is 75.3 Å². The van der Waals surface area contributed by atoms with Crippen LogP contribution in [0.1, 0.15) is 47.0 Å². The number of fused-ring (bicyclic) bond motifs is 3. The molecular formula is C23H26BrClF3N5O2S. The zero-order chi connectivity index (χ0) is 26.6. The molecule has 7 nitrogen and oxygen atoms in total. The highest BCUT2D eigenvalue weighted by Gasteiger charge is 2.68. The van der Waals surface area contributed by atoms with Crippen LogP contribution in [0.3, 0.4) is 0 Å². The monoisotopic (exact) mass is 607 g/mol. The van der Waals surface area contributed by atoms with Crippen LogP contribution in [0.2, 0.25) is 5.15 Å². The Balaban J connectivity index is 1.93. The van der Waals surface area contributed by atoms with Crippen molar-refractivity contribution in [2.75, 3.05) is 17.2 Å². The summed E-state index contributed by atoms with van der Waals surface area (Å²) in [6, 6.07) is -1.09. The lowest BCUT2D eigenvalue weighted by Crippen LogP contribution is -2.71. The first-order valence-corrected chi connectivity index (χ1v) is 13.5. The average molecular weight is 609 g/mol. The molecule has 2 aromatic rings. The van der Waals surface area contributed by atoms with Crippen molar-refractivity contribution in [3.63, 3.8) is 0 Å². The maximum absolute atomic E-state index is 16.9. The molecule has 0 aromatic carbocycles. The van der Waals surface area contributed by atoms with Gasteiger partial charge in [-0.1, -0.05) is 36.4 Å². The molecule has 0 saturated carbocycles. The summed E-state index contributed by atoms with van der Waals surface area (Å²) in [5, 5.41) is -0.0512. The molecule has 4 heterocycles. The molecule has 0 aliphatic carbocycles. The third-order valence-corrected chi connectivity index (χ3v) is 7.66. The first kappa shape index (κ1) is 27.3. The van der Waals surface area contributed by atoms with Crippen LogP contribution in [0, 0.1) is 5.82 Å². The second-order valence-corrected chi connectivity index (χ2v) is 12.1. The lowest BCUT2D eigenvalue weighted by atomic mass is 9.96. The zero-order valence-electron chi connectivity index (χ0n) is 20.2. The van der Waals surface area contributed by atoms with Gasteiger partial charge in [0.2, 0.25) is 11.6 Å². The molecule has 4 rings (SSSR count). The van der Waals surface area contributed by atoms with Crippen LogP contribution < -0.4 is 4.90 Å². The van der Waals surface area contributed by atoms with Crippen molar-refractivity contribution in [2.24, 2.45) is 0 Å². The molecule has 2 fully saturated rings. The molecule has 0 radical (unpaired) electrons. The number of anilines is 1. The van der Waals surface area contributed by atoms with Crippen molar-refractivity contribution in [3.8, 4) is 0 Å². The van der Waals surface area contributed by atoms with Crippen LogP contribution in [-0.4, -0.2) is 61.5 Å². The second kappa shape index (κ2) is 9.50. The molecule has 1 amide bonds. The van der Waals surface area contributed by atoms with Gasteiger partial charge in [0.1, 0.15) is 21.5 Å². The molecule has 36 heavy (non-hydrogen) atoms. The van der Waals surface area contributed by atoms with E-state index >= 15 is 13.2 Å². The van der Waals surface area contributed by atoms with Gasteiger partial charge in [-0.25, -0.2) is 37.8 Å². The van der Waals surface area contributed by atoms with Crippen LogP contribution >= 0.6 is 39.3 Å². The number of ether oxygens (including phenoxy) is 1. The molecular weight excluding hydrogens is 583 g/mol. The summed E-state index contributed by atoms with van der Waals surface area (Å²) in [5.41, 5.74) is -1.07. The fourth-order valence-corrected chi connectivity index (χ4v) is 6.16. The summed E-state index contributed by atoms with van der Waals surface area (Å²) in [4.78, 5) is 27.9. The Labute approximate surface area is 224 Å².